The van der Waals surface area contributed by atoms with E-state index in [1.165, 1.54) is 0 Å². The third-order valence-corrected chi connectivity index (χ3v) is 2.97. The second-order valence-electron chi connectivity index (χ2n) is 4.27. The van der Waals surface area contributed by atoms with Gasteiger partial charge in [-0.3, -0.25) is 0 Å². The third-order valence-electron chi connectivity index (χ3n) is 2.97. The van der Waals surface area contributed by atoms with E-state index in [0.29, 0.717) is 0 Å². The predicted molar refractivity (Wildman–Crippen MR) is 72.2 cm³/mol. The van der Waals surface area contributed by atoms with Gasteiger partial charge in [-0.1, -0.05) is 60.7 Å². The van der Waals surface area contributed by atoms with Crippen molar-refractivity contribution < 1.29 is 9.84 Å². The first-order valence-electron chi connectivity index (χ1n) is 6.17. The van der Waals surface area contributed by atoms with Crippen molar-refractivity contribution in [1.29, 1.82) is 0 Å². The molecule has 2 nitrogen and oxygen atoms in total. The van der Waals surface area contributed by atoms with Gasteiger partial charge in [-0.25, -0.2) is 0 Å². The Labute approximate surface area is 108 Å². The average molecular weight is 242 g/mol. The van der Waals surface area contributed by atoms with Crippen molar-refractivity contribution >= 4 is 0 Å². The minimum Gasteiger partial charge on any atom is -0.393 e. The van der Waals surface area contributed by atoms with Crippen LogP contribution in [0, 0.1) is 0 Å². The SMILES string of the molecule is CC(OC(CO)c1ccccc1)c1ccccc1. The van der Waals surface area contributed by atoms with Crippen LogP contribution in [0.5, 0.6) is 0 Å². The summed E-state index contributed by atoms with van der Waals surface area (Å²) in [5.41, 5.74) is 2.12. The van der Waals surface area contributed by atoms with Crippen LogP contribution in [0.25, 0.3) is 0 Å². The molecule has 0 aliphatic carbocycles. The normalized spacial score (nSPS) is 14.1. The molecule has 2 aromatic rings. The van der Waals surface area contributed by atoms with E-state index in [1.807, 2.05) is 67.6 Å². The Morgan fingerprint density at radius 3 is 1.89 bits per heavy atom. The number of aliphatic hydroxyl groups is 1. The molecule has 2 unspecified atom stereocenters. The minimum atomic E-state index is -0.276. The van der Waals surface area contributed by atoms with Gasteiger partial charge in [0.2, 0.25) is 0 Å². The zero-order chi connectivity index (χ0) is 12.8. The zero-order valence-electron chi connectivity index (χ0n) is 10.5. The van der Waals surface area contributed by atoms with Crippen LogP contribution < -0.4 is 0 Å². The van der Waals surface area contributed by atoms with Gasteiger partial charge in [0.05, 0.1) is 12.7 Å². The molecule has 0 aromatic heterocycles. The van der Waals surface area contributed by atoms with E-state index in [0.717, 1.165) is 11.1 Å². The molecule has 0 saturated heterocycles. The van der Waals surface area contributed by atoms with Crippen molar-refractivity contribution in [1.82, 2.24) is 0 Å². The highest BCUT2D eigenvalue weighted by Gasteiger charge is 2.15. The van der Waals surface area contributed by atoms with E-state index in [-0.39, 0.29) is 18.8 Å². The Morgan fingerprint density at radius 1 is 0.889 bits per heavy atom. The molecule has 0 fully saturated rings. The van der Waals surface area contributed by atoms with E-state index >= 15 is 0 Å². The fourth-order valence-electron chi connectivity index (χ4n) is 1.94. The summed E-state index contributed by atoms with van der Waals surface area (Å²) < 4.78 is 5.92. The summed E-state index contributed by atoms with van der Waals surface area (Å²) in [6.45, 7) is 1.99. The van der Waals surface area contributed by atoms with E-state index in [1.54, 1.807) is 0 Å². The first-order valence-corrected chi connectivity index (χ1v) is 6.17. The Kier molecular flexibility index (Phi) is 4.51. The van der Waals surface area contributed by atoms with Gasteiger partial charge < -0.3 is 9.84 Å². The van der Waals surface area contributed by atoms with E-state index < -0.39 is 0 Å². The lowest BCUT2D eigenvalue weighted by Gasteiger charge is -2.21. The molecular weight excluding hydrogens is 224 g/mol. The molecule has 94 valence electrons. The van der Waals surface area contributed by atoms with Gasteiger partial charge in [-0.05, 0) is 18.1 Å². The molecule has 0 saturated carbocycles. The minimum absolute atomic E-state index is 0.0127. The molecule has 2 rings (SSSR count). The summed E-state index contributed by atoms with van der Waals surface area (Å²) >= 11 is 0. The van der Waals surface area contributed by atoms with E-state index in [4.69, 9.17) is 4.74 Å². The lowest BCUT2D eigenvalue weighted by molar-refractivity contribution is -0.0344. The number of benzene rings is 2. The van der Waals surface area contributed by atoms with Crippen LogP contribution in [-0.2, 0) is 4.74 Å². The van der Waals surface area contributed by atoms with Crippen molar-refractivity contribution in [2.75, 3.05) is 6.61 Å². The number of hydrogen-bond donors (Lipinski definition) is 1. The highest BCUT2D eigenvalue weighted by atomic mass is 16.5. The summed E-state index contributed by atoms with van der Waals surface area (Å²) in [7, 11) is 0. The maximum Gasteiger partial charge on any atom is 0.106 e. The second kappa shape index (κ2) is 6.34. The largest absolute Gasteiger partial charge is 0.393 e. The van der Waals surface area contributed by atoms with Gasteiger partial charge in [0.15, 0.2) is 0 Å². The molecule has 2 atom stereocenters. The first-order chi connectivity index (χ1) is 8.81. The highest BCUT2D eigenvalue weighted by Crippen LogP contribution is 2.25. The van der Waals surface area contributed by atoms with Crippen molar-refractivity contribution in [3.05, 3.63) is 71.8 Å². The summed E-state index contributed by atoms with van der Waals surface area (Å²) in [5.74, 6) is 0. The van der Waals surface area contributed by atoms with Crippen molar-refractivity contribution in [3.8, 4) is 0 Å². The van der Waals surface area contributed by atoms with Gasteiger partial charge in [0, 0.05) is 0 Å². The maximum absolute atomic E-state index is 9.45. The number of aliphatic hydroxyl groups excluding tert-OH is 1. The topological polar surface area (TPSA) is 29.5 Å². The lowest BCUT2D eigenvalue weighted by atomic mass is 10.1. The molecule has 0 aliphatic heterocycles. The molecule has 0 bridgehead atoms. The fraction of sp³-hybridized carbons (Fsp3) is 0.250. The standard InChI is InChI=1S/C16H18O2/c1-13(14-8-4-2-5-9-14)18-16(12-17)15-10-6-3-7-11-15/h2-11,13,16-17H,12H2,1H3. The van der Waals surface area contributed by atoms with Crippen LogP contribution in [0.1, 0.15) is 30.3 Å². The maximum atomic E-state index is 9.45. The molecule has 2 heteroatoms. The molecule has 0 amide bonds. The zero-order valence-corrected chi connectivity index (χ0v) is 10.5. The van der Waals surface area contributed by atoms with Crippen LogP contribution in [0.4, 0.5) is 0 Å². The van der Waals surface area contributed by atoms with Gasteiger partial charge in [0.1, 0.15) is 6.10 Å². The van der Waals surface area contributed by atoms with E-state index in [2.05, 4.69) is 0 Å². The summed E-state index contributed by atoms with van der Waals surface area (Å²) in [6.07, 6.45) is -0.315. The number of rotatable bonds is 5. The third kappa shape index (κ3) is 3.19. The van der Waals surface area contributed by atoms with Crippen molar-refractivity contribution in [2.24, 2.45) is 0 Å². The highest BCUT2D eigenvalue weighted by molar-refractivity contribution is 5.19. The number of hydrogen-bond acceptors (Lipinski definition) is 2. The monoisotopic (exact) mass is 242 g/mol. The lowest BCUT2D eigenvalue weighted by Crippen LogP contribution is -2.11. The van der Waals surface area contributed by atoms with Gasteiger partial charge >= 0.3 is 0 Å². The molecule has 1 N–H and O–H groups in total. The van der Waals surface area contributed by atoms with Gasteiger partial charge in [-0.15, -0.1) is 0 Å². The Bertz CT molecular complexity index is 453. The Hall–Kier alpha value is -1.64. The molecular formula is C16H18O2. The van der Waals surface area contributed by atoms with Crippen LogP contribution in [0.2, 0.25) is 0 Å². The Morgan fingerprint density at radius 2 is 1.39 bits per heavy atom. The smallest absolute Gasteiger partial charge is 0.106 e. The van der Waals surface area contributed by atoms with Crippen LogP contribution in [-0.4, -0.2) is 11.7 Å². The van der Waals surface area contributed by atoms with Crippen molar-refractivity contribution in [3.63, 3.8) is 0 Å². The molecule has 0 aliphatic rings. The molecule has 2 aromatic carbocycles. The van der Waals surface area contributed by atoms with E-state index in [9.17, 15) is 5.11 Å². The van der Waals surface area contributed by atoms with Gasteiger partial charge in [-0.2, -0.15) is 0 Å². The van der Waals surface area contributed by atoms with Crippen LogP contribution in [0.3, 0.4) is 0 Å². The second-order valence-corrected chi connectivity index (χ2v) is 4.27. The number of ether oxygens (including phenoxy) is 1. The fourth-order valence-corrected chi connectivity index (χ4v) is 1.94. The van der Waals surface area contributed by atoms with Gasteiger partial charge in [0.25, 0.3) is 0 Å². The summed E-state index contributed by atoms with van der Waals surface area (Å²) in [4.78, 5) is 0. The summed E-state index contributed by atoms with van der Waals surface area (Å²) in [6, 6.07) is 19.8. The molecule has 0 radical (unpaired) electrons. The quantitative estimate of drug-likeness (QED) is 0.869. The van der Waals surface area contributed by atoms with Crippen LogP contribution in [0.15, 0.2) is 60.7 Å². The summed E-state index contributed by atoms with van der Waals surface area (Å²) in [5, 5.41) is 9.45. The Balaban J connectivity index is 2.07. The van der Waals surface area contributed by atoms with Crippen LogP contribution >= 0.6 is 0 Å². The average Bonchev–Trinajstić information content (AvgIpc) is 2.46. The molecule has 18 heavy (non-hydrogen) atoms. The van der Waals surface area contributed by atoms with Crippen molar-refractivity contribution in [2.45, 2.75) is 19.1 Å². The molecule has 0 heterocycles. The predicted octanol–water partition coefficient (Wildman–Crippen LogP) is 3.50. The molecule has 0 spiro atoms. The first kappa shape index (κ1) is 12.8.